The van der Waals surface area contributed by atoms with Gasteiger partial charge in [-0.05, 0) is 26.2 Å². The number of aliphatic carboxylic acids is 1. The van der Waals surface area contributed by atoms with Crippen LogP contribution in [0.1, 0.15) is 47.0 Å². The summed E-state index contributed by atoms with van der Waals surface area (Å²) < 4.78 is 0. The summed E-state index contributed by atoms with van der Waals surface area (Å²) >= 11 is 0. The Labute approximate surface area is 119 Å². The number of carboxylic acid groups (broad SMARTS) is 1. The van der Waals surface area contributed by atoms with Crippen LogP contribution in [0.4, 0.5) is 0 Å². The Bertz CT molecular complexity index is 400. The van der Waals surface area contributed by atoms with Crippen molar-refractivity contribution in [2.45, 2.75) is 59.0 Å². The number of piperidine rings is 1. The van der Waals surface area contributed by atoms with E-state index in [2.05, 4.69) is 5.32 Å². The van der Waals surface area contributed by atoms with Gasteiger partial charge in [-0.25, -0.2) is 4.79 Å². The fraction of sp³-hybridized carbons (Fsp3) is 0.786. The number of carbonyl (C=O) groups excluding carboxylic acids is 2. The summed E-state index contributed by atoms with van der Waals surface area (Å²) in [5.74, 6) is -1.52. The summed E-state index contributed by atoms with van der Waals surface area (Å²) in [6, 6.07) is -1.48. The predicted molar refractivity (Wildman–Crippen MR) is 74.0 cm³/mol. The maximum atomic E-state index is 12.3. The molecule has 0 spiro atoms. The summed E-state index contributed by atoms with van der Waals surface area (Å²) in [7, 11) is 0. The fourth-order valence-electron chi connectivity index (χ4n) is 2.18. The molecule has 0 radical (unpaired) electrons. The third-order valence-corrected chi connectivity index (χ3v) is 3.47. The SMILES string of the molecule is CC(NC(=O)C(C)(C)C)C(=O)N1CCCC[C@@H]1C(=O)O. The quantitative estimate of drug-likeness (QED) is 0.809. The Morgan fingerprint density at radius 2 is 1.85 bits per heavy atom. The second-order valence-corrected chi connectivity index (χ2v) is 6.33. The molecule has 0 aromatic carbocycles. The standard InChI is InChI=1S/C14H24N2O4/c1-9(15-13(20)14(2,3)4)11(17)16-8-6-5-7-10(16)12(18)19/h9-10H,5-8H2,1-4H3,(H,15,20)(H,18,19)/t9?,10-/m1/s1. The zero-order chi connectivity index (χ0) is 15.5. The van der Waals surface area contributed by atoms with E-state index < -0.39 is 23.5 Å². The van der Waals surface area contributed by atoms with Gasteiger partial charge in [-0.3, -0.25) is 9.59 Å². The molecule has 0 saturated carbocycles. The summed E-state index contributed by atoms with van der Waals surface area (Å²) in [4.78, 5) is 36.8. The van der Waals surface area contributed by atoms with Gasteiger partial charge in [-0.15, -0.1) is 0 Å². The first-order valence-electron chi connectivity index (χ1n) is 6.99. The van der Waals surface area contributed by atoms with Crippen molar-refractivity contribution in [2.24, 2.45) is 5.41 Å². The van der Waals surface area contributed by atoms with Crippen molar-refractivity contribution >= 4 is 17.8 Å². The number of nitrogens with one attached hydrogen (secondary N) is 1. The average Bonchev–Trinajstić information content (AvgIpc) is 2.36. The minimum absolute atomic E-state index is 0.220. The first-order chi connectivity index (χ1) is 9.14. The maximum Gasteiger partial charge on any atom is 0.326 e. The van der Waals surface area contributed by atoms with Crippen LogP contribution in [0.3, 0.4) is 0 Å². The molecular formula is C14H24N2O4. The van der Waals surface area contributed by atoms with Crippen molar-refractivity contribution in [3.8, 4) is 0 Å². The molecule has 1 aliphatic rings. The molecule has 0 bridgehead atoms. The molecule has 1 fully saturated rings. The van der Waals surface area contributed by atoms with Crippen LogP contribution in [0.25, 0.3) is 0 Å². The van der Waals surface area contributed by atoms with Gasteiger partial charge in [-0.2, -0.15) is 0 Å². The Hall–Kier alpha value is -1.59. The Morgan fingerprint density at radius 3 is 2.35 bits per heavy atom. The summed E-state index contributed by atoms with van der Waals surface area (Å²) in [5.41, 5.74) is -0.581. The van der Waals surface area contributed by atoms with E-state index in [0.29, 0.717) is 13.0 Å². The lowest BCUT2D eigenvalue weighted by Crippen LogP contribution is -2.55. The van der Waals surface area contributed by atoms with Crippen molar-refractivity contribution in [1.29, 1.82) is 0 Å². The van der Waals surface area contributed by atoms with Crippen LogP contribution >= 0.6 is 0 Å². The lowest BCUT2D eigenvalue weighted by atomic mass is 9.95. The number of hydrogen-bond acceptors (Lipinski definition) is 3. The molecule has 1 rings (SSSR count). The monoisotopic (exact) mass is 284 g/mol. The summed E-state index contributed by atoms with van der Waals surface area (Å²) in [6.45, 7) is 7.33. The van der Waals surface area contributed by atoms with E-state index in [1.54, 1.807) is 27.7 Å². The molecule has 6 nitrogen and oxygen atoms in total. The number of carboxylic acids is 1. The number of likely N-dealkylation sites (tertiary alicyclic amines) is 1. The summed E-state index contributed by atoms with van der Waals surface area (Å²) in [5, 5.41) is 11.8. The van der Waals surface area contributed by atoms with Gasteiger partial charge in [0.25, 0.3) is 0 Å². The van der Waals surface area contributed by atoms with E-state index in [9.17, 15) is 14.4 Å². The highest BCUT2D eigenvalue weighted by Gasteiger charge is 2.35. The highest BCUT2D eigenvalue weighted by Crippen LogP contribution is 2.19. The molecule has 1 heterocycles. The third kappa shape index (κ3) is 3.95. The van der Waals surface area contributed by atoms with E-state index in [4.69, 9.17) is 5.11 Å². The fourth-order valence-corrected chi connectivity index (χ4v) is 2.18. The van der Waals surface area contributed by atoms with Gasteiger partial charge in [0.2, 0.25) is 11.8 Å². The average molecular weight is 284 g/mol. The van der Waals surface area contributed by atoms with E-state index >= 15 is 0 Å². The first kappa shape index (κ1) is 16.5. The smallest absolute Gasteiger partial charge is 0.326 e. The number of amides is 2. The molecule has 1 saturated heterocycles. The molecule has 2 N–H and O–H groups in total. The molecule has 0 aromatic rings. The van der Waals surface area contributed by atoms with Gasteiger partial charge in [0, 0.05) is 12.0 Å². The largest absolute Gasteiger partial charge is 0.480 e. The Morgan fingerprint density at radius 1 is 1.25 bits per heavy atom. The van der Waals surface area contributed by atoms with Crippen LogP contribution in [0, 0.1) is 5.41 Å². The Kier molecular flexibility index (Phi) is 5.14. The minimum atomic E-state index is -0.979. The van der Waals surface area contributed by atoms with E-state index in [0.717, 1.165) is 12.8 Å². The van der Waals surface area contributed by atoms with E-state index in [1.807, 2.05) is 0 Å². The van der Waals surface area contributed by atoms with Crippen LogP contribution in [-0.2, 0) is 14.4 Å². The molecule has 0 aliphatic carbocycles. The molecule has 1 unspecified atom stereocenters. The lowest BCUT2D eigenvalue weighted by molar-refractivity contribution is -0.153. The zero-order valence-electron chi connectivity index (χ0n) is 12.6. The number of carbonyl (C=O) groups is 3. The van der Waals surface area contributed by atoms with Crippen LogP contribution in [0.2, 0.25) is 0 Å². The minimum Gasteiger partial charge on any atom is -0.480 e. The van der Waals surface area contributed by atoms with Gasteiger partial charge in [-0.1, -0.05) is 20.8 Å². The van der Waals surface area contributed by atoms with Crippen molar-refractivity contribution in [3.63, 3.8) is 0 Å². The molecule has 1 aliphatic heterocycles. The van der Waals surface area contributed by atoms with Crippen LogP contribution < -0.4 is 5.32 Å². The van der Waals surface area contributed by atoms with Crippen LogP contribution in [-0.4, -0.2) is 46.4 Å². The van der Waals surface area contributed by atoms with E-state index in [1.165, 1.54) is 4.90 Å². The highest BCUT2D eigenvalue weighted by molar-refractivity contribution is 5.91. The zero-order valence-corrected chi connectivity index (χ0v) is 12.6. The normalized spacial score (nSPS) is 21.2. The maximum absolute atomic E-state index is 12.3. The van der Waals surface area contributed by atoms with Crippen molar-refractivity contribution < 1.29 is 19.5 Å². The Balaban J connectivity index is 2.72. The number of nitrogens with zero attached hydrogens (tertiary/aromatic N) is 1. The molecule has 0 aromatic heterocycles. The van der Waals surface area contributed by atoms with Gasteiger partial charge in [0.1, 0.15) is 12.1 Å². The predicted octanol–water partition coefficient (Wildman–Crippen LogP) is 1.00. The highest BCUT2D eigenvalue weighted by atomic mass is 16.4. The molecular weight excluding hydrogens is 260 g/mol. The van der Waals surface area contributed by atoms with E-state index in [-0.39, 0.29) is 11.8 Å². The lowest BCUT2D eigenvalue weighted by Gasteiger charge is -2.35. The van der Waals surface area contributed by atoms with Gasteiger partial charge < -0.3 is 15.3 Å². The van der Waals surface area contributed by atoms with Gasteiger partial charge >= 0.3 is 5.97 Å². The topological polar surface area (TPSA) is 86.7 Å². The van der Waals surface area contributed by atoms with Crippen LogP contribution in [0.15, 0.2) is 0 Å². The molecule has 114 valence electrons. The molecule has 6 heteroatoms. The van der Waals surface area contributed by atoms with Crippen molar-refractivity contribution in [2.75, 3.05) is 6.54 Å². The van der Waals surface area contributed by atoms with Crippen molar-refractivity contribution in [3.05, 3.63) is 0 Å². The van der Waals surface area contributed by atoms with Crippen LogP contribution in [0.5, 0.6) is 0 Å². The van der Waals surface area contributed by atoms with Gasteiger partial charge in [0.15, 0.2) is 0 Å². The first-order valence-corrected chi connectivity index (χ1v) is 6.99. The second-order valence-electron chi connectivity index (χ2n) is 6.33. The second kappa shape index (κ2) is 6.24. The molecule has 2 amide bonds. The molecule has 20 heavy (non-hydrogen) atoms. The van der Waals surface area contributed by atoms with Gasteiger partial charge in [0.05, 0.1) is 0 Å². The molecule has 2 atom stereocenters. The summed E-state index contributed by atoms with van der Waals surface area (Å²) in [6.07, 6.45) is 2.08. The number of rotatable bonds is 3. The van der Waals surface area contributed by atoms with Crippen molar-refractivity contribution in [1.82, 2.24) is 10.2 Å². The number of hydrogen-bond donors (Lipinski definition) is 2. The third-order valence-electron chi connectivity index (χ3n) is 3.47.